The van der Waals surface area contributed by atoms with E-state index in [4.69, 9.17) is 16.3 Å². The monoisotopic (exact) mass is 357 g/mol. The van der Waals surface area contributed by atoms with Crippen LogP contribution in [-0.2, 0) is 10.0 Å². The molecule has 1 aromatic heterocycles. The summed E-state index contributed by atoms with van der Waals surface area (Å²) < 4.78 is 32.5. The molecule has 0 saturated carbocycles. The maximum atomic E-state index is 12.9. The van der Waals surface area contributed by atoms with E-state index in [1.54, 1.807) is 27.8 Å². The van der Waals surface area contributed by atoms with Crippen molar-refractivity contribution in [2.24, 2.45) is 0 Å². The average Bonchev–Trinajstić information content (AvgIpc) is 3.17. The minimum Gasteiger partial charge on any atom is -0.495 e. The summed E-state index contributed by atoms with van der Waals surface area (Å²) in [6.07, 6.45) is 1.72. The van der Waals surface area contributed by atoms with Crippen molar-refractivity contribution in [3.05, 3.63) is 45.6 Å². The van der Waals surface area contributed by atoms with E-state index in [1.807, 2.05) is 17.5 Å². The van der Waals surface area contributed by atoms with Crippen LogP contribution in [-0.4, -0.2) is 26.4 Å². The van der Waals surface area contributed by atoms with Gasteiger partial charge in [0.15, 0.2) is 0 Å². The summed E-state index contributed by atoms with van der Waals surface area (Å²) in [4.78, 5) is 1.29. The lowest BCUT2D eigenvalue weighted by molar-refractivity contribution is 0.400. The Morgan fingerprint density at radius 1 is 1.36 bits per heavy atom. The molecule has 1 aliphatic rings. The third-order valence-corrected chi connectivity index (χ3v) is 6.98. The van der Waals surface area contributed by atoms with Gasteiger partial charge in [-0.15, -0.1) is 11.3 Å². The highest BCUT2D eigenvalue weighted by atomic mass is 35.5. The Bertz CT molecular complexity index is 759. The molecule has 22 heavy (non-hydrogen) atoms. The predicted molar refractivity (Wildman–Crippen MR) is 88.2 cm³/mol. The standard InChI is InChI=1S/C15H16ClNO3S2/c1-20-14-7-6-11(10-12(14)16)22(18,19)17-8-2-4-13(17)15-5-3-9-21-15/h3,5-7,9-10,13H,2,4,8H2,1H3/t13-/m1/s1. The zero-order chi connectivity index (χ0) is 15.7. The Morgan fingerprint density at radius 3 is 2.82 bits per heavy atom. The quantitative estimate of drug-likeness (QED) is 0.832. The van der Waals surface area contributed by atoms with Crippen LogP contribution in [0.1, 0.15) is 23.8 Å². The molecule has 118 valence electrons. The fraction of sp³-hybridized carbons (Fsp3) is 0.333. The number of thiophene rings is 1. The third kappa shape index (κ3) is 2.76. The van der Waals surface area contributed by atoms with Gasteiger partial charge in [0.05, 0.1) is 23.1 Å². The van der Waals surface area contributed by atoms with E-state index < -0.39 is 10.0 Å². The van der Waals surface area contributed by atoms with Crippen molar-refractivity contribution in [3.63, 3.8) is 0 Å². The lowest BCUT2D eigenvalue weighted by atomic mass is 10.2. The number of ether oxygens (including phenoxy) is 1. The second-order valence-electron chi connectivity index (χ2n) is 5.09. The smallest absolute Gasteiger partial charge is 0.243 e. The molecule has 4 nitrogen and oxygen atoms in total. The number of hydrogen-bond acceptors (Lipinski definition) is 4. The molecule has 0 amide bonds. The van der Waals surface area contributed by atoms with Crippen LogP contribution < -0.4 is 4.74 Å². The first-order valence-corrected chi connectivity index (χ1v) is 9.62. The van der Waals surface area contributed by atoms with Crippen LogP contribution in [0.3, 0.4) is 0 Å². The van der Waals surface area contributed by atoms with Crippen molar-refractivity contribution < 1.29 is 13.2 Å². The summed E-state index contributed by atoms with van der Waals surface area (Å²) in [7, 11) is -2.06. The van der Waals surface area contributed by atoms with E-state index in [2.05, 4.69) is 0 Å². The Labute approximate surface area is 139 Å². The van der Waals surface area contributed by atoms with Gasteiger partial charge >= 0.3 is 0 Å². The van der Waals surface area contributed by atoms with Crippen LogP contribution >= 0.6 is 22.9 Å². The van der Waals surface area contributed by atoms with Crippen LogP contribution in [0.25, 0.3) is 0 Å². The number of methoxy groups -OCH3 is 1. The van der Waals surface area contributed by atoms with Gasteiger partial charge in [0, 0.05) is 11.4 Å². The fourth-order valence-electron chi connectivity index (χ4n) is 2.74. The fourth-order valence-corrected chi connectivity index (χ4v) is 5.70. The Hall–Kier alpha value is -1.08. The molecule has 1 fully saturated rings. The van der Waals surface area contributed by atoms with Gasteiger partial charge < -0.3 is 4.74 Å². The summed E-state index contributed by atoms with van der Waals surface area (Å²) in [5, 5.41) is 2.28. The SMILES string of the molecule is COc1ccc(S(=O)(=O)N2CCC[C@@H]2c2cccs2)cc1Cl. The van der Waals surface area contributed by atoms with Gasteiger partial charge in [0.1, 0.15) is 5.75 Å². The summed E-state index contributed by atoms with van der Waals surface area (Å²) >= 11 is 7.66. The first-order chi connectivity index (χ1) is 10.5. The van der Waals surface area contributed by atoms with E-state index in [0.29, 0.717) is 17.3 Å². The van der Waals surface area contributed by atoms with Crippen LogP contribution in [0.5, 0.6) is 5.75 Å². The molecule has 1 atom stereocenters. The summed E-state index contributed by atoms with van der Waals surface area (Å²) in [6, 6.07) is 8.46. The molecule has 0 spiro atoms. The van der Waals surface area contributed by atoms with Crippen molar-refractivity contribution in [2.45, 2.75) is 23.8 Å². The van der Waals surface area contributed by atoms with Crippen molar-refractivity contribution in [1.29, 1.82) is 0 Å². The minimum atomic E-state index is -3.56. The first-order valence-electron chi connectivity index (χ1n) is 6.93. The van der Waals surface area contributed by atoms with E-state index in [1.165, 1.54) is 13.2 Å². The zero-order valence-corrected chi connectivity index (χ0v) is 14.4. The third-order valence-electron chi connectivity index (χ3n) is 3.81. The van der Waals surface area contributed by atoms with Crippen molar-refractivity contribution in [2.75, 3.05) is 13.7 Å². The molecule has 0 N–H and O–H groups in total. The van der Waals surface area contributed by atoms with Crippen LogP contribution in [0.15, 0.2) is 40.6 Å². The molecule has 3 rings (SSSR count). The highest BCUT2D eigenvalue weighted by Gasteiger charge is 2.36. The molecule has 0 unspecified atom stereocenters. The highest BCUT2D eigenvalue weighted by Crippen LogP contribution is 2.39. The molecule has 2 heterocycles. The highest BCUT2D eigenvalue weighted by molar-refractivity contribution is 7.89. The molecule has 0 aliphatic carbocycles. The van der Waals surface area contributed by atoms with Gasteiger partial charge in [0.2, 0.25) is 10.0 Å². The average molecular weight is 358 g/mol. The summed E-state index contributed by atoms with van der Waals surface area (Å²) in [6.45, 7) is 0.536. The van der Waals surface area contributed by atoms with E-state index >= 15 is 0 Å². The number of rotatable bonds is 4. The van der Waals surface area contributed by atoms with Gasteiger partial charge in [0.25, 0.3) is 0 Å². The largest absolute Gasteiger partial charge is 0.495 e. The van der Waals surface area contributed by atoms with Crippen LogP contribution in [0, 0.1) is 0 Å². The van der Waals surface area contributed by atoms with Crippen molar-refractivity contribution in [1.82, 2.24) is 4.31 Å². The van der Waals surface area contributed by atoms with Crippen LogP contribution in [0.2, 0.25) is 5.02 Å². The maximum Gasteiger partial charge on any atom is 0.243 e. The predicted octanol–water partition coefficient (Wildman–Crippen LogP) is 3.94. The van der Waals surface area contributed by atoms with Crippen molar-refractivity contribution >= 4 is 33.0 Å². The lowest BCUT2D eigenvalue weighted by Crippen LogP contribution is -2.30. The molecule has 0 bridgehead atoms. The molecular weight excluding hydrogens is 342 g/mol. The molecular formula is C15H16ClNO3S2. The van der Waals surface area contributed by atoms with Gasteiger partial charge in [-0.2, -0.15) is 4.31 Å². The Balaban J connectivity index is 1.97. The molecule has 1 saturated heterocycles. The van der Waals surface area contributed by atoms with E-state index in [9.17, 15) is 8.42 Å². The molecule has 7 heteroatoms. The van der Waals surface area contributed by atoms with Gasteiger partial charge in [-0.1, -0.05) is 17.7 Å². The maximum absolute atomic E-state index is 12.9. The Kier molecular flexibility index (Phi) is 4.45. The van der Waals surface area contributed by atoms with Gasteiger partial charge in [-0.3, -0.25) is 0 Å². The second kappa shape index (κ2) is 6.20. The number of benzene rings is 1. The zero-order valence-electron chi connectivity index (χ0n) is 12.0. The Morgan fingerprint density at radius 2 is 2.18 bits per heavy atom. The number of nitrogens with zero attached hydrogens (tertiary/aromatic N) is 1. The number of hydrogen-bond donors (Lipinski definition) is 0. The molecule has 1 aliphatic heterocycles. The van der Waals surface area contributed by atoms with E-state index in [-0.39, 0.29) is 10.9 Å². The number of sulfonamides is 1. The second-order valence-corrected chi connectivity index (χ2v) is 8.36. The number of halogens is 1. The van der Waals surface area contributed by atoms with E-state index in [0.717, 1.165) is 17.7 Å². The minimum absolute atomic E-state index is 0.0779. The van der Waals surface area contributed by atoms with Gasteiger partial charge in [-0.05, 0) is 42.5 Å². The first kappa shape index (κ1) is 15.8. The van der Waals surface area contributed by atoms with Crippen LogP contribution in [0.4, 0.5) is 0 Å². The molecule has 0 radical (unpaired) electrons. The topological polar surface area (TPSA) is 46.6 Å². The molecule has 1 aromatic carbocycles. The van der Waals surface area contributed by atoms with Gasteiger partial charge in [-0.25, -0.2) is 8.42 Å². The summed E-state index contributed by atoms with van der Waals surface area (Å²) in [5.41, 5.74) is 0. The normalized spacial score (nSPS) is 19.5. The molecule has 2 aromatic rings. The lowest BCUT2D eigenvalue weighted by Gasteiger charge is -2.23. The summed E-state index contributed by atoms with van der Waals surface area (Å²) in [5.74, 6) is 0.469. The van der Waals surface area contributed by atoms with Crippen molar-refractivity contribution in [3.8, 4) is 5.75 Å².